The van der Waals surface area contributed by atoms with E-state index < -0.39 is 12.5 Å². The van der Waals surface area contributed by atoms with Gasteiger partial charge in [-0.05, 0) is 12.1 Å². The molecule has 84 valence electrons. The van der Waals surface area contributed by atoms with E-state index in [1.807, 2.05) is 12.1 Å². The highest BCUT2D eigenvalue weighted by Gasteiger charge is 2.26. The molecular weight excluding hydrogens is 208 g/mol. The monoisotopic (exact) mass is 219 g/mol. The normalized spacial score (nSPS) is 14.9. The molecule has 0 unspecified atom stereocenters. The molecule has 5 nitrogen and oxygen atoms in total. The Morgan fingerprint density at radius 2 is 2.00 bits per heavy atom. The Morgan fingerprint density at radius 1 is 1.38 bits per heavy atom. The summed E-state index contributed by atoms with van der Waals surface area (Å²) in [5.41, 5.74) is 1.47. The van der Waals surface area contributed by atoms with Crippen molar-refractivity contribution in [3.8, 4) is 0 Å². The lowest BCUT2D eigenvalue weighted by Gasteiger charge is -2.35. The maximum Gasteiger partial charge on any atom is 0.246 e. The number of amides is 1. The molecule has 0 atom stereocenters. The van der Waals surface area contributed by atoms with Gasteiger partial charge in [-0.2, -0.15) is 0 Å². The molecule has 0 aromatic heterocycles. The molecule has 1 aliphatic heterocycles. The average Bonchev–Trinajstić information content (AvgIpc) is 2.24. The topological polar surface area (TPSA) is 63.7 Å². The summed E-state index contributed by atoms with van der Waals surface area (Å²) in [7, 11) is 1.80. The number of carboxylic acid groups (broad SMARTS) is 1. The van der Waals surface area contributed by atoms with E-state index >= 15 is 0 Å². The average molecular weight is 219 g/mol. The lowest BCUT2D eigenvalue weighted by molar-refractivity contribution is -0.303. The molecule has 1 aromatic carbocycles. The van der Waals surface area contributed by atoms with E-state index in [0.29, 0.717) is 5.69 Å². The standard InChI is InChI=1S/C11H12N2O3/c1-12-6-10(14)13(7-11(15)16)9-5-3-2-4-8(9)12/h2-5H,6-7H2,1H3,(H,15,16)/p-1. The van der Waals surface area contributed by atoms with E-state index in [9.17, 15) is 14.7 Å². The molecule has 5 heteroatoms. The van der Waals surface area contributed by atoms with Gasteiger partial charge < -0.3 is 19.7 Å². The van der Waals surface area contributed by atoms with Crippen molar-refractivity contribution >= 4 is 23.3 Å². The minimum absolute atomic E-state index is 0.185. The molecule has 1 aromatic rings. The van der Waals surface area contributed by atoms with Gasteiger partial charge in [0.05, 0.1) is 30.4 Å². The predicted molar refractivity (Wildman–Crippen MR) is 57.1 cm³/mol. The van der Waals surface area contributed by atoms with Crippen molar-refractivity contribution in [3.05, 3.63) is 24.3 Å². The summed E-state index contributed by atoms with van der Waals surface area (Å²) in [4.78, 5) is 25.3. The molecule has 0 saturated carbocycles. The van der Waals surface area contributed by atoms with Crippen LogP contribution in [0.25, 0.3) is 0 Å². The number of benzene rings is 1. The van der Waals surface area contributed by atoms with Crippen LogP contribution < -0.4 is 14.9 Å². The first kappa shape index (κ1) is 10.5. The number of carbonyl (C=O) groups is 2. The van der Waals surface area contributed by atoms with Crippen LogP contribution in [0.3, 0.4) is 0 Å². The van der Waals surface area contributed by atoms with Crippen LogP contribution in [-0.4, -0.2) is 32.0 Å². The van der Waals surface area contributed by atoms with Crippen molar-refractivity contribution in [1.82, 2.24) is 0 Å². The SMILES string of the molecule is CN1CC(=O)N(CC(=O)[O-])c2ccccc21. The molecule has 0 spiro atoms. The molecule has 1 heterocycles. The van der Waals surface area contributed by atoms with Crippen LogP contribution in [0.5, 0.6) is 0 Å². The number of hydrogen-bond donors (Lipinski definition) is 0. The van der Waals surface area contributed by atoms with E-state index in [0.717, 1.165) is 5.69 Å². The summed E-state index contributed by atoms with van der Waals surface area (Å²) >= 11 is 0. The maximum absolute atomic E-state index is 11.7. The number of aliphatic carboxylic acids is 1. The second-order valence-electron chi connectivity index (χ2n) is 3.70. The maximum atomic E-state index is 11.7. The van der Waals surface area contributed by atoms with Crippen LogP contribution in [-0.2, 0) is 9.59 Å². The van der Waals surface area contributed by atoms with Crippen LogP contribution in [0.2, 0.25) is 0 Å². The Morgan fingerprint density at radius 3 is 2.62 bits per heavy atom. The van der Waals surface area contributed by atoms with E-state index in [2.05, 4.69) is 0 Å². The van der Waals surface area contributed by atoms with Gasteiger partial charge in [0.1, 0.15) is 0 Å². The largest absolute Gasteiger partial charge is 0.548 e. The van der Waals surface area contributed by atoms with Gasteiger partial charge in [0, 0.05) is 7.05 Å². The molecule has 0 N–H and O–H groups in total. The van der Waals surface area contributed by atoms with Gasteiger partial charge in [-0.15, -0.1) is 0 Å². The highest BCUT2D eigenvalue weighted by Crippen LogP contribution is 2.31. The Labute approximate surface area is 92.9 Å². The number of likely N-dealkylation sites (N-methyl/N-ethyl adjacent to an activating group) is 1. The fourth-order valence-corrected chi connectivity index (χ4v) is 1.83. The quantitative estimate of drug-likeness (QED) is 0.654. The molecule has 0 saturated heterocycles. The molecule has 2 rings (SSSR count). The van der Waals surface area contributed by atoms with Crippen molar-refractivity contribution in [1.29, 1.82) is 0 Å². The third kappa shape index (κ3) is 1.71. The summed E-state index contributed by atoms with van der Waals surface area (Å²) in [6.07, 6.45) is 0. The van der Waals surface area contributed by atoms with Crippen LogP contribution in [0.4, 0.5) is 11.4 Å². The van der Waals surface area contributed by atoms with Gasteiger partial charge in [0.2, 0.25) is 5.91 Å². The zero-order chi connectivity index (χ0) is 11.7. The minimum atomic E-state index is -1.26. The predicted octanol–water partition coefficient (Wildman–Crippen LogP) is -0.781. The highest BCUT2D eigenvalue weighted by molar-refractivity contribution is 6.05. The number of para-hydroxylation sites is 2. The summed E-state index contributed by atoms with van der Waals surface area (Å²) in [6, 6.07) is 7.20. The molecule has 1 aliphatic rings. The first-order valence-electron chi connectivity index (χ1n) is 4.90. The van der Waals surface area contributed by atoms with E-state index in [4.69, 9.17) is 0 Å². The van der Waals surface area contributed by atoms with E-state index in [1.54, 1.807) is 24.1 Å². The van der Waals surface area contributed by atoms with Gasteiger partial charge in [-0.1, -0.05) is 12.1 Å². The molecule has 0 fully saturated rings. The highest BCUT2D eigenvalue weighted by atomic mass is 16.4. The number of rotatable bonds is 2. The molecule has 1 amide bonds. The number of carboxylic acids is 1. The molecule has 0 bridgehead atoms. The fraction of sp³-hybridized carbons (Fsp3) is 0.273. The van der Waals surface area contributed by atoms with Gasteiger partial charge >= 0.3 is 0 Å². The summed E-state index contributed by atoms with van der Waals surface area (Å²) in [6.45, 7) is -0.214. The minimum Gasteiger partial charge on any atom is -0.548 e. The zero-order valence-electron chi connectivity index (χ0n) is 8.84. The zero-order valence-corrected chi connectivity index (χ0v) is 8.84. The van der Waals surface area contributed by atoms with Gasteiger partial charge in [-0.25, -0.2) is 0 Å². The molecule has 0 radical (unpaired) electrons. The van der Waals surface area contributed by atoms with Crippen LogP contribution in [0.15, 0.2) is 24.3 Å². The Kier molecular flexibility index (Phi) is 2.52. The molecular formula is C11H11N2O3-. The Bertz CT molecular complexity index is 445. The van der Waals surface area contributed by atoms with Gasteiger partial charge in [0.15, 0.2) is 0 Å². The summed E-state index contributed by atoms with van der Waals surface area (Å²) in [5, 5.41) is 10.6. The van der Waals surface area contributed by atoms with Gasteiger partial charge in [-0.3, -0.25) is 4.79 Å². The first-order valence-corrected chi connectivity index (χ1v) is 4.90. The summed E-state index contributed by atoms with van der Waals surface area (Å²) < 4.78 is 0. The molecule has 16 heavy (non-hydrogen) atoms. The lowest BCUT2D eigenvalue weighted by atomic mass is 10.1. The lowest BCUT2D eigenvalue weighted by Crippen LogP contribution is -2.49. The van der Waals surface area contributed by atoms with E-state index in [1.165, 1.54) is 4.90 Å². The van der Waals surface area contributed by atoms with E-state index in [-0.39, 0.29) is 12.5 Å². The number of fused-ring (bicyclic) bond motifs is 1. The second kappa shape index (κ2) is 3.84. The van der Waals surface area contributed by atoms with Crippen molar-refractivity contribution in [2.75, 3.05) is 29.9 Å². The van der Waals surface area contributed by atoms with Crippen LogP contribution in [0, 0.1) is 0 Å². The third-order valence-electron chi connectivity index (χ3n) is 2.54. The number of carbonyl (C=O) groups excluding carboxylic acids is 2. The third-order valence-corrected chi connectivity index (χ3v) is 2.54. The van der Waals surface area contributed by atoms with Crippen molar-refractivity contribution in [2.24, 2.45) is 0 Å². The summed E-state index contributed by atoms with van der Waals surface area (Å²) in [5.74, 6) is -1.49. The molecule has 0 aliphatic carbocycles. The Hall–Kier alpha value is -2.04. The van der Waals surface area contributed by atoms with Crippen molar-refractivity contribution in [3.63, 3.8) is 0 Å². The number of hydrogen-bond acceptors (Lipinski definition) is 4. The number of anilines is 2. The van der Waals surface area contributed by atoms with Crippen LogP contribution >= 0.6 is 0 Å². The van der Waals surface area contributed by atoms with Crippen LogP contribution in [0.1, 0.15) is 0 Å². The first-order chi connectivity index (χ1) is 7.59. The smallest absolute Gasteiger partial charge is 0.246 e. The number of nitrogens with zero attached hydrogens (tertiary/aromatic N) is 2. The second-order valence-corrected chi connectivity index (χ2v) is 3.70. The van der Waals surface area contributed by atoms with Crippen molar-refractivity contribution in [2.45, 2.75) is 0 Å². The van der Waals surface area contributed by atoms with Crippen molar-refractivity contribution < 1.29 is 14.7 Å². The van der Waals surface area contributed by atoms with Gasteiger partial charge in [0.25, 0.3) is 0 Å². The fourth-order valence-electron chi connectivity index (χ4n) is 1.83. The Balaban J connectivity index is 2.42.